The fraction of sp³-hybridized carbons (Fsp3) is 0.619. The summed E-state index contributed by atoms with van der Waals surface area (Å²) in [6, 6.07) is 10.8. The first-order valence-electron chi connectivity index (χ1n) is 9.54. The van der Waals surface area contributed by atoms with Gasteiger partial charge in [0.15, 0.2) is 0 Å². The van der Waals surface area contributed by atoms with Crippen LogP contribution in [0, 0.1) is 11.8 Å². The van der Waals surface area contributed by atoms with Crippen molar-refractivity contribution in [3.8, 4) is 0 Å². The monoisotopic (exact) mass is 360 g/mol. The average Bonchev–Trinajstić information content (AvgIpc) is 3.11. The lowest BCUT2D eigenvalue weighted by atomic mass is 9.85. The normalized spacial score (nSPS) is 19.7. The standard InChI is InChI=1S/C21H32N2O3/c1-17(15-22-23-13-7-10-20(23)16-25-2)19(11-12-21(24)26-3)14-18-8-5-4-6-9-18/h4-6,8-9,15,17,19-20H,7,10-14,16H2,1-3H3/b22-15+/t17-,19-,20+/m1/s1. The van der Waals surface area contributed by atoms with Gasteiger partial charge >= 0.3 is 5.97 Å². The van der Waals surface area contributed by atoms with E-state index in [1.807, 2.05) is 6.07 Å². The molecule has 0 radical (unpaired) electrons. The van der Waals surface area contributed by atoms with Crippen LogP contribution in [-0.2, 0) is 20.7 Å². The number of hydrogen-bond acceptors (Lipinski definition) is 5. The molecule has 0 aliphatic carbocycles. The Morgan fingerprint density at radius 2 is 2.12 bits per heavy atom. The van der Waals surface area contributed by atoms with Crippen molar-refractivity contribution in [3.63, 3.8) is 0 Å². The zero-order chi connectivity index (χ0) is 18.8. The molecule has 0 N–H and O–H groups in total. The van der Waals surface area contributed by atoms with E-state index >= 15 is 0 Å². The molecule has 1 aromatic carbocycles. The Morgan fingerprint density at radius 1 is 1.35 bits per heavy atom. The molecule has 1 aliphatic heterocycles. The second-order valence-corrected chi connectivity index (χ2v) is 7.10. The third-order valence-electron chi connectivity index (χ3n) is 5.19. The molecule has 0 amide bonds. The van der Waals surface area contributed by atoms with E-state index in [1.54, 1.807) is 7.11 Å². The Morgan fingerprint density at radius 3 is 2.81 bits per heavy atom. The Labute approximate surface area is 157 Å². The van der Waals surface area contributed by atoms with Crippen LogP contribution < -0.4 is 0 Å². The molecular weight excluding hydrogens is 328 g/mol. The quantitative estimate of drug-likeness (QED) is 0.473. The highest BCUT2D eigenvalue weighted by Gasteiger charge is 2.24. The van der Waals surface area contributed by atoms with Crippen molar-refractivity contribution in [2.45, 2.75) is 45.1 Å². The summed E-state index contributed by atoms with van der Waals surface area (Å²) >= 11 is 0. The first kappa shape index (κ1) is 20.4. The summed E-state index contributed by atoms with van der Waals surface area (Å²) in [6.45, 7) is 3.90. The largest absolute Gasteiger partial charge is 0.469 e. The predicted molar refractivity (Wildman–Crippen MR) is 104 cm³/mol. The molecule has 1 aromatic rings. The highest BCUT2D eigenvalue weighted by atomic mass is 16.5. The van der Waals surface area contributed by atoms with Crippen molar-refractivity contribution in [2.24, 2.45) is 16.9 Å². The van der Waals surface area contributed by atoms with E-state index in [4.69, 9.17) is 14.6 Å². The highest BCUT2D eigenvalue weighted by Crippen LogP contribution is 2.23. The molecule has 2 rings (SSSR count). The molecule has 5 heteroatoms. The summed E-state index contributed by atoms with van der Waals surface area (Å²) in [4.78, 5) is 11.6. The second kappa shape index (κ2) is 11.0. The van der Waals surface area contributed by atoms with Crippen molar-refractivity contribution in [3.05, 3.63) is 35.9 Å². The van der Waals surface area contributed by atoms with Gasteiger partial charge in [0, 0.05) is 26.3 Å². The summed E-state index contributed by atoms with van der Waals surface area (Å²) < 4.78 is 10.1. The van der Waals surface area contributed by atoms with Crippen molar-refractivity contribution in [1.82, 2.24) is 5.01 Å². The van der Waals surface area contributed by atoms with Crippen molar-refractivity contribution in [2.75, 3.05) is 27.4 Å². The summed E-state index contributed by atoms with van der Waals surface area (Å²) in [5, 5.41) is 6.90. The summed E-state index contributed by atoms with van der Waals surface area (Å²) in [7, 11) is 3.19. The molecule has 1 heterocycles. The molecule has 1 saturated heterocycles. The first-order valence-corrected chi connectivity index (χ1v) is 9.54. The smallest absolute Gasteiger partial charge is 0.305 e. The second-order valence-electron chi connectivity index (χ2n) is 7.10. The number of rotatable bonds is 10. The highest BCUT2D eigenvalue weighted by molar-refractivity contribution is 5.69. The third-order valence-corrected chi connectivity index (χ3v) is 5.19. The average molecular weight is 360 g/mol. The molecule has 144 valence electrons. The van der Waals surface area contributed by atoms with Gasteiger partial charge in [0.25, 0.3) is 0 Å². The lowest BCUT2D eigenvalue weighted by Crippen LogP contribution is -2.29. The van der Waals surface area contributed by atoms with E-state index in [0.29, 0.717) is 18.4 Å². The molecule has 3 atom stereocenters. The summed E-state index contributed by atoms with van der Waals surface area (Å²) in [5.74, 6) is 0.485. The zero-order valence-electron chi connectivity index (χ0n) is 16.3. The topological polar surface area (TPSA) is 51.1 Å². The van der Waals surface area contributed by atoms with Crippen LogP contribution in [0.4, 0.5) is 0 Å². The fourth-order valence-electron chi connectivity index (χ4n) is 3.52. The number of carbonyl (C=O) groups excluding carboxylic acids is 1. The van der Waals surface area contributed by atoms with Crippen LogP contribution in [-0.4, -0.2) is 50.6 Å². The van der Waals surface area contributed by atoms with Gasteiger partial charge in [-0.2, -0.15) is 5.10 Å². The Hall–Kier alpha value is -1.88. The predicted octanol–water partition coefficient (Wildman–Crippen LogP) is 3.53. The molecule has 0 spiro atoms. The van der Waals surface area contributed by atoms with Crippen LogP contribution in [0.5, 0.6) is 0 Å². The molecule has 0 bridgehead atoms. The Balaban J connectivity index is 2.00. The molecule has 0 unspecified atom stereocenters. The SMILES string of the molecule is COC[C@@H]1CCCN1/N=C/[C@@H](C)[C@H](CCC(=O)OC)Cc1ccccc1. The molecule has 0 aromatic heterocycles. The van der Waals surface area contributed by atoms with Crippen LogP contribution >= 0.6 is 0 Å². The van der Waals surface area contributed by atoms with Crippen LogP contribution in [0.25, 0.3) is 0 Å². The maximum absolute atomic E-state index is 11.6. The van der Waals surface area contributed by atoms with Crippen LogP contribution in [0.1, 0.15) is 38.2 Å². The number of nitrogens with zero attached hydrogens (tertiary/aromatic N) is 2. The lowest BCUT2D eigenvalue weighted by Gasteiger charge is -2.24. The third kappa shape index (κ3) is 6.45. The summed E-state index contributed by atoms with van der Waals surface area (Å²) in [5.41, 5.74) is 1.29. The number of carbonyl (C=O) groups is 1. The minimum absolute atomic E-state index is 0.146. The molecule has 26 heavy (non-hydrogen) atoms. The van der Waals surface area contributed by atoms with Crippen molar-refractivity contribution in [1.29, 1.82) is 0 Å². The van der Waals surface area contributed by atoms with Gasteiger partial charge in [0.1, 0.15) is 0 Å². The van der Waals surface area contributed by atoms with Gasteiger partial charge in [-0.15, -0.1) is 0 Å². The minimum Gasteiger partial charge on any atom is -0.469 e. The van der Waals surface area contributed by atoms with Crippen LogP contribution in [0.3, 0.4) is 0 Å². The minimum atomic E-state index is -0.146. The van der Waals surface area contributed by atoms with Gasteiger partial charge in [-0.1, -0.05) is 37.3 Å². The molecule has 1 aliphatic rings. The van der Waals surface area contributed by atoms with Gasteiger partial charge in [-0.3, -0.25) is 9.80 Å². The maximum Gasteiger partial charge on any atom is 0.305 e. The number of methoxy groups -OCH3 is 2. The van der Waals surface area contributed by atoms with Gasteiger partial charge in [-0.25, -0.2) is 0 Å². The van der Waals surface area contributed by atoms with Crippen molar-refractivity contribution < 1.29 is 14.3 Å². The number of esters is 1. The fourth-order valence-corrected chi connectivity index (χ4v) is 3.52. The van der Waals surface area contributed by atoms with E-state index in [0.717, 1.165) is 38.8 Å². The maximum atomic E-state index is 11.6. The summed E-state index contributed by atoms with van der Waals surface area (Å²) in [6.07, 6.45) is 6.54. The number of hydrazone groups is 1. The lowest BCUT2D eigenvalue weighted by molar-refractivity contribution is -0.141. The van der Waals surface area contributed by atoms with Crippen LogP contribution in [0.15, 0.2) is 35.4 Å². The van der Waals surface area contributed by atoms with Crippen molar-refractivity contribution >= 4 is 12.2 Å². The molecule has 5 nitrogen and oxygen atoms in total. The van der Waals surface area contributed by atoms with E-state index in [-0.39, 0.29) is 11.9 Å². The van der Waals surface area contributed by atoms with E-state index in [9.17, 15) is 4.79 Å². The number of ether oxygens (including phenoxy) is 2. The van der Waals surface area contributed by atoms with E-state index in [1.165, 1.54) is 12.7 Å². The molecular formula is C21H32N2O3. The van der Waals surface area contributed by atoms with E-state index < -0.39 is 0 Å². The Bertz CT molecular complexity index is 562. The molecule has 0 saturated carbocycles. The van der Waals surface area contributed by atoms with Gasteiger partial charge in [0.05, 0.1) is 19.8 Å². The Kier molecular flexibility index (Phi) is 8.62. The number of hydrogen-bond donors (Lipinski definition) is 0. The molecule has 1 fully saturated rings. The number of benzene rings is 1. The van der Waals surface area contributed by atoms with Crippen LogP contribution in [0.2, 0.25) is 0 Å². The van der Waals surface area contributed by atoms with Gasteiger partial charge in [0.2, 0.25) is 0 Å². The van der Waals surface area contributed by atoms with Gasteiger partial charge in [-0.05, 0) is 43.1 Å². The first-order chi connectivity index (χ1) is 12.6. The van der Waals surface area contributed by atoms with Gasteiger partial charge < -0.3 is 9.47 Å². The van der Waals surface area contributed by atoms with E-state index in [2.05, 4.69) is 42.4 Å². The zero-order valence-corrected chi connectivity index (χ0v) is 16.3.